The third-order valence-corrected chi connectivity index (χ3v) is 4.06. The van der Waals surface area contributed by atoms with E-state index in [-0.39, 0.29) is 22.7 Å². The van der Waals surface area contributed by atoms with Crippen LogP contribution in [0.3, 0.4) is 0 Å². The van der Waals surface area contributed by atoms with Crippen LogP contribution in [-0.2, 0) is 0 Å². The first-order chi connectivity index (χ1) is 9.47. The fourth-order valence-corrected chi connectivity index (χ4v) is 2.72. The van der Waals surface area contributed by atoms with Gasteiger partial charge < -0.3 is 5.32 Å². The highest BCUT2D eigenvalue weighted by molar-refractivity contribution is 6.33. The van der Waals surface area contributed by atoms with Crippen molar-refractivity contribution in [3.05, 3.63) is 38.9 Å². The summed E-state index contributed by atoms with van der Waals surface area (Å²) in [6.45, 7) is 2.22. The van der Waals surface area contributed by atoms with Crippen molar-refractivity contribution in [2.45, 2.75) is 38.6 Å². The predicted molar refractivity (Wildman–Crippen MR) is 77.0 cm³/mol. The molecule has 0 bridgehead atoms. The minimum Gasteiger partial charge on any atom is -0.349 e. The van der Waals surface area contributed by atoms with Gasteiger partial charge in [-0.25, -0.2) is 0 Å². The molecule has 2 rings (SSSR count). The van der Waals surface area contributed by atoms with Crippen LogP contribution < -0.4 is 5.32 Å². The summed E-state index contributed by atoms with van der Waals surface area (Å²) in [6.07, 6.45) is 4.19. The minimum absolute atomic E-state index is 0.0140. The summed E-state index contributed by atoms with van der Waals surface area (Å²) in [6, 6.07) is 4.23. The molecule has 0 aromatic heterocycles. The highest BCUT2D eigenvalue weighted by Crippen LogP contribution is 2.26. The largest absolute Gasteiger partial charge is 0.349 e. The zero-order valence-corrected chi connectivity index (χ0v) is 12.0. The maximum Gasteiger partial charge on any atom is 0.287 e. The molecule has 1 aliphatic rings. The molecule has 1 aliphatic carbocycles. The summed E-state index contributed by atoms with van der Waals surface area (Å²) in [5.41, 5.74) is 0.175. The lowest BCUT2D eigenvalue weighted by Gasteiger charge is -2.26. The molecule has 0 saturated heterocycles. The van der Waals surface area contributed by atoms with Crippen LogP contribution in [0.25, 0.3) is 0 Å². The van der Waals surface area contributed by atoms with Gasteiger partial charge in [0, 0.05) is 17.7 Å². The van der Waals surface area contributed by atoms with Crippen LogP contribution >= 0.6 is 11.6 Å². The van der Waals surface area contributed by atoms with Crippen LogP contribution in [0.4, 0.5) is 5.69 Å². The van der Waals surface area contributed by atoms with E-state index in [1.54, 1.807) is 0 Å². The Labute approximate surface area is 122 Å². The number of hydrogen-bond donors (Lipinski definition) is 1. The maximum atomic E-state index is 12.1. The van der Waals surface area contributed by atoms with Crippen LogP contribution in [-0.4, -0.2) is 16.9 Å². The standard InChI is InChI=1S/C14H17ClN2O3/c1-9-2-5-11(6-3-9)16-14(18)10-4-7-13(17(19)20)12(15)8-10/h4,7-9,11H,2-3,5-6H2,1H3,(H,16,18). The van der Waals surface area contributed by atoms with Crippen LogP contribution in [0.15, 0.2) is 18.2 Å². The number of carbonyl (C=O) groups is 1. The van der Waals surface area contributed by atoms with Gasteiger partial charge in [-0.1, -0.05) is 18.5 Å². The van der Waals surface area contributed by atoms with Gasteiger partial charge in [0.15, 0.2) is 0 Å². The first kappa shape index (κ1) is 14.8. The minimum atomic E-state index is -0.563. The molecule has 20 heavy (non-hydrogen) atoms. The second-order valence-corrected chi connectivity index (χ2v) is 5.76. The van der Waals surface area contributed by atoms with E-state index >= 15 is 0 Å². The molecule has 1 amide bonds. The van der Waals surface area contributed by atoms with Crippen LogP contribution in [0, 0.1) is 16.0 Å². The SMILES string of the molecule is CC1CCC(NC(=O)c2ccc([N+](=O)[O-])c(Cl)c2)CC1. The smallest absolute Gasteiger partial charge is 0.287 e. The molecule has 6 heteroatoms. The van der Waals surface area contributed by atoms with Gasteiger partial charge in [0.25, 0.3) is 11.6 Å². The number of carbonyl (C=O) groups excluding carboxylic acids is 1. The number of nitro benzene ring substituents is 1. The Bertz CT molecular complexity index is 525. The van der Waals surface area contributed by atoms with Crippen molar-refractivity contribution in [2.24, 2.45) is 5.92 Å². The highest BCUT2D eigenvalue weighted by Gasteiger charge is 2.21. The third-order valence-electron chi connectivity index (χ3n) is 3.76. The molecule has 1 aromatic rings. The first-order valence-corrected chi connectivity index (χ1v) is 7.10. The predicted octanol–water partition coefficient (Wildman–Crippen LogP) is 3.56. The molecule has 0 atom stereocenters. The lowest BCUT2D eigenvalue weighted by Crippen LogP contribution is -2.37. The summed E-state index contributed by atoms with van der Waals surface area (Å²) in [7, 11) is 0. The van der Waals surface area contributed by atoms with Gasteiger partial charge in [-0.3, -0.25) is 14.9 Å². The zero-order chi connectivity index (χ0) is 14.7. The van der Waals surface area contributed by atoms with Crippen molar-refractivity contribution in [1.29, 1.82) is 0 Å². The lowest BCUT2D eigenvalue weighted by atomic mass is 9.87. The van der Waals surface area contributed by atoms with Crippen molar-refractivity contribution >= 4 is 23.2 Å². The molecule has 1 aromatic carbocycles. The number of rotatable bonds is 3. The monoisotopic (exact) mass is 296 g/mol. The van der Waals surface area contributed by atoms with E-state index in [1.165, 1.54) is 18.2 Å². The Balaban J connectivity index is 2.02. The van der Waals surface area contributed by atoms with E-state index in [9.17, 15) is 14.9 Å². The fourth-order valence-electron chi connectivity index (χ4n) is 2.47. The third kappa shape index (κ3) is 3.48. The molecule has 1 N–H and O–H groups in total. The number of nitrogens with zero attached hydrogens (tertiary/aromatic N) is 1. The van der Waals surface area contributed by atoms with Gasteiger partial charge in [-0.15, -0.1) is 0 Å². The average molecular weight is 297 g/mol. The van der Waals surface area contributed by atoms with E-state index in [0.717, 1.165) is 31.6 Å². The highest BCUT2D eigenvalue weighted by atomic mass is 35.5. The Morgan fingerprint density at radius 2 is 2.00 bits per heavy atom. The van der Waals surface area contributed by atoms with E-state index < -0.39 is 4.92 Å². The quantitative estimate of drug-likeness (QED) is 0.684. The zero-order valence-electron chi connectivity index (χ0n) is 11.3. The number of amides is 1. The van der Waals surface area contributed by atoms with E-state index in [0.29, 0.717) is 5.56 Å². The van der Waals surface area contributed by atoms with Crippen LogP contribution in [0.2, 0.25) is 5.02 Å². The Morgan fingerprint density at radius 3 is 2.55 bits per heavy atom. The molecular formula is C14H17ClN2O3. The molecule has 1 saturated carbocycles. The molecule has 0 spiro atoms. The van der Waals surface area contributed by atoms with E-state index in [2.05, 4.69) is 12.2 Å². The van der Waals surface area contributed by atoms with Gasteiger partial charge in [0.1, 0.15) is 5.02 Å². The number of nitrogens with one attached hydrogen (secondary N) is 1. The second kappa shape index (κ2) is 6.22. The van der Waals surface area contributed by atoms with Crippen molar-refractivity contribution in [1.82, 2.24) is 5.32 Å². The first-order valence-electron chi connectivity index (χ1n) is 6.72. The summed E-state index contributed by atoms with van der Waals surface area (Å²) in [4.78, 5) is 22.2. The molecule has 0 heterocycles. The van der Waals surface area contributed by atoms with Gasteiger partial charge in [-0.2, -0.15) is 0 Å². The number of hydrogen-bond acceptors (Lipinski definition) is 3. The number of benzene rings is 1. The van der Waals surface area contributed by atoms with Crippen molar-refractivity contribution in [2.75, 3.05) is 0 Å². The van der Waals surface area contributed by atoms with Crippen molar-refractivity contribution in [3.8, 4) is 0 Å². The second-order valence-electron chi connectivity index (χ2n) is 5.35. The Morgan fingerprint density at radius 1 is 1.35 bits per heavy atom. The average Bonchev–Trinajstić information content (AvgIpc) is 2.40. The lowest BCUT2D eigenvalue weighted by molar-refractivity contribution is -0.384. The summed E-state index contributed by atoms with van der Waals surface area (Å²) in [5.74, 6) is 0.498. The molecule has 5 nitrogen and oxygen atoms in total. The summed E-state index contributed by atoms with van der Waals surface area (Å²) in [5, 5.41) is 13.6. The van der Waals surface area contributed by atoms with Crippen LogP contribution in [0.1, 0.15) is 43.0 Å². The molecule has 108 valence electrons. The molecular weight excluding hydrogens is 280 g/mol. The Hall–Kier alpha value is -1.62. The van der Waals surface area contributed by atoms with Gasteiger partial charge in [-0.05, 0) is 43.7 Å². The number of nitro groups is 1. The summed E-state index contributed by atoms with van der Waals surface area (Å²) < 4.78 is 0. The van der Waals surface area contributed by atoms with Crippen molar-refractivity contribution < 1.29 is 9.72 Å². The van der Waals surface area contributed by atoms with Gasteiger partial charge in [0.05, 0.1) is 4.92 Å². The van der Waals surface area contributed by atoms with Crippen molar-refractivity contribution in [3.63, 3.8) is 0 Å². The molecule has 0 aliphatic heterocycles. The topological polar surface area (TPSA) is 72.2 Å². The van der Waals surface area contributed by atoms with Gasteiger partial charge in [0.2, 0.25) is 0 Å². The summed E-state index contributed by atoms with van der Waals surface area (Å²) >= 11 is 5.81. The van der Waals surface area contributed by atoms with E-state index in [4.69, 9.17) is 11.6 Å². The maximum absolute atomic E-state index is 12.1. The normalized spacial score (nSPS) is 22.3. The number of halogens is 1. The molecule has 0 unspecified atom stereocenters. The fraction of sp³-hybridized carbons (Fsp3) is 0.500. The van der Waals surface area contributed by atoms with Gasteiger partial charge >= 0.3 is 0 Å². The molecule has 0 radical (unpaired) electrons. The van der Waals surface area contributed by atoms with E-state index in [1.807, 2.05) is 0 Å². The molecule has 1 fully saturated rings. The van der Waals surface area contributed by atoms with Crippen LogP contribution in [0.5, 0.6) is 0 Å². The Kier molecular flexibility index (Phi) is 4.60.